The van der Waals surface area contributed by atoms with Crippen LogP contribution >= 0.6 is 11.3 Å². The van der Waals surface area contributed by atoms with Gasteiger partial charge in [-0.3, -0.25) is 14.6 Å². The molecule has 1 unspecified atom stereocenters. The Bertz CT molecular complexity index is 1490. The second kappa shape index (κ2) is 11.5. The number of nitrogens with zero attached hydrogens (tertiary/aromatic N) is 1. The molecule has 0 radical (unpaired) electrons. The van der Waals surface area contributed by atoms with Crippen molar-refractivity contribution < 1.29 is 28.6 Å². The number of hydrogen-bond acceptors (Lipinski definition) is 6. The highest BCUT2D eigenvalue weighted by Gasteiger charge is 2.17. The maximum Gasteiger partial charge on any atom is 0.325 e. The van der Waals surface area contributed by atoms with E-state index in [0.717, 1.165) is 5.56 Å². The van der Waals surface area contributed by atoms with Crippen LogP contribution in [-0.2, 0) is 4.79 Å². The summed E-state index contributed by atoms with van der Waals surface area (Å²) in [5.74, 6) is -1.12. The zero-order chi connectivity index (χ0) is 27.2. The van der Waals surface area contributed by atoms with Gasteiger partial charge in [0.1, 0.15) is 23.4 Å². The van der Waals surface area contributed by atoms with Crippen LogP contribution in [0.25, 0.3) is 11.3 Å². The third-order valence-corrected chi connectivity index (χ3v) is 6.22. The van der Waals surface area contributed by atoms with Gasteiger partial charge in [0.05, 0.1) is 16.3 Å². The zero-order valence-corrected chi connectivity index (χ0v) is 21.1. The summed E-state index contributed by atoms with van der Waals surface area (Å²) in [4.78, 5) is 40.2. The number of amides is 3. The van der Waals surface area contributed by atoms with E-state index in [-0.39, 0.29) is 5.69 Å². The summed E-state index contributed by atoms with van der Waals surface area (Å²) in [6.07, 6.45) is 1.57. The van der Waals surface area contributed by atoms with Gasteiger partial charge in [0, 0.05) is 28.9 Å². The van der Waals surface area contributed by atoms with E-state index >= 15 is 0 Å². The molecule has 0 bridgehead atoms. The highest BCUT2D eigenvalue weighted by molar-refractivity contribution is 7.12. The molecule has 0 saturated carbocycles. The number of aromatic nitrogens is 1. The molecule has 3 amide bonds. The first-order valence-corrected chi connectivity index (χ1v) is 12.3. The molecule has 0 aliphatic heterocycles. The van der Waals surface area contributed by atoms with E-state index in [9.17, 15) is 18.8 Å². The molecule has 2 heterocycles. The summed E-state index contributed by atoms with van der Waals surface area (Å²) >= 11 is 1.18. The van der Waals surface area contributed by atoms with Crippen LogP contribution < -0.4 is 20.7 Å². The number of rotatable bonds is 8. The fraction of sp³-hybridized carbons (Fsp3) is 0.111. The summed E-state index contributed by atoms with van der Waals surface area (Å²) in [5, 5.41) is 18.3. The fourth-order valence-corrected chi connectivity index (χ4v) is 4.12. The van der Waals surface area contributed by atoms with E-state index in [1.807, 2.05) is 0 Å². The Morgan fingerprint density at radius 1 is 1.00 bits per heavy atom. The van der Waals surface area contributed by atoms with Gasteiger partial charge in [-0.1, -0.05) is 6.07 Å². The lowest BCUT2D eigenvalue weighted by Crippen LogP contribution is -2.37. The molecule has 0 saturated heterocycles. The van der Waals surface area contributed by atoms with Crippen molar-refractivity contribution in [3.05, 3.63) is 88.5 Å². The maximum atomic E-state index is 13.9. The Balaban J connectivity index is 1.37. The Kier molecular flexibility index (Phi) is 7.97. The second-order valence-corrected chi connectivity index (χ2v) is 9.21. The molecule has 1 atom stereocenters. The summed E-state index contributed by atoms with van der Waals surface area (Å²) in [7, 11) is 0. The number of pyridine rings is 1. The Morgan fingerprint density at radius 2 is 1.76 bits per heavy atom. The zero-order valence-electron chi connectivity index (χ0n) is 20.3. The largest absolute Gasteiger partial charge is 0.480 e. The average Bonchev–Trinajstić information content (AvgIpc) is 3.38. The van der Waals surface area contributed by atoms with E-state index in [0.29, 0.717) is 33.3 Å². The molecule has 11 heteroatoms. The molecule has 0 spiro atoms. The quantitative estimate of drug-likeness (QED) is 0.223. The number of carbonyl (C=O) groups excluding carboxylic acids is 2. The van der Waals surface area contributed by atoms with Crippen molar-refractivity contribution in [2.75, 3.05) is 10.6 Å². The molecule has 4 aromatic rings. The van der Waals surface area contributed by atoms with Gasteiger partial charge < -0.3 is 25.8 Å². The number of carbonyl (C=O) groups is 3. The van der Waals surface area contributed by atoms with E-state index in [2.05, 4.69) is 20.9 Å². The van der Waals surface area contributed by atoms with Crippen molar-refractivity contribution in [1.82, 2.24) is 10.3 Å². The Hall–Kier alpha value is -4.77. The minimum Gasteiger partial charge on any atom is -0.480 e. The van der Waals surface area contributed by atoms with Crippen LogP contribution in [0, 0.1) is 12.7 Å². The number of carboxylic acid groups (broad SMARTS) is 1. The predicted octanol–water partition coefficient (Wildman–Crippen LogP) is 5.90. The SMILES string of the molecule is Cc1ccc(F)c(NC(=O)Nc2ccc(Oc3ccnc(-c4csc(C(=O)NC(C)C(=O)O)c4)c3)cc2)c1. The van der Waals surface area contributed by atoms with Gasteiger partial charge in [0.25, 0.3) is 5.91 Å². The van der Waals surface area contributed by atoms with Crippen LogP contribution in [0.15, 0.2) is 72.2 Å². The van der Waals surface area contributed by atoms with Gasteiger partial charge >= 0.3 is 12.0 Å². The van der Waals surface area contributed by atoms with Gasteiger partial charge in [-0.2, -0.15) is 0 Å². The van der Waals surface area contributed by atoms with E-state index in [4.69, 9.17) is 9.84 Å². The van der Waals surface area contributed by atoms with Crippen LogP contribution in [0.1, 0.15) is 22.2 Å². The van der Waals surface area contributed by atoms with Crippen molar-refractivity contribution in [1.29, 1.82) is 0 Å². The third-order valence-electron chi connectivity index (χ3n) is 5.29. The molecule has 2 aromatic heterocycles. The lowest BCUT2D eigenvalue weighted by molar-refractivity contribution is -0.138. The number of thiophene rings is 1. The summed E-state index contributed by atoms with van der Waals surface area (Å²) < 4.78 is 19.8. The van der Waals surface area contributed by atoms with E-state index in [1.165, 1.54) is 24.3 Å². The summed E-state index contributed by atoms with van der Waals surface area (Å²) in [5.41, 5.74) is 2.65. The summed E-state index contributed by atoms with van der Waals surface area (Å²) in [6, 6.07) is 14.5. The smallest absolute Gasteiger partial charge is 0.325 e. The van der Waals surface area contributed by atoms with Gasteiger partial charge in [0.15, 0.2) is 0 Å². The standard InChI is InChI=1S/C27H23FN4O5S/c1-15-3-8-21(28)23(11-15)32-27(36)31-18-4-6-19(7-5-18)37-20-9-10-29-22(13-20)17-12-24(38-14-17)25(33)30-16(2)26(34)35/h3-14,16H,1-2H3,(H,30,33)(H,34,35)(H2,31,32,36). The molecule has 4 N–H and O–H groups in total. The first-order chi connectivity index (χ1) is 18.2. The van der Waals surface area contributed by atoms with Crippen LogP contribution in [0.4, 0.5) is 20.6 Å². The first-order valence-electron chi connectivity index (χ1n) is 11.4. The van der Waals surface area contributed by atoms with Crippen molar-refractivity contribution in [2.45, 2.75) is 19.9 Å². The monoisotopic (exact) mass is 534 g/mol. The molecule has 194 valence electrons. The number of nitrogens with one attached hydrogen (secondary N) is 3. The molecule has 0 aliphatic carbocycles. The second-order valence-electron chi connectivity index (χ2n) is 8.30. The van der Waals surface area contributed by atoms with Crippen molar-refractivity contribution in [2.24, 2.45) is 0 Å². The van der Waals surface area contributed by atoms with Gasteiger partial charge in [0.2, 0.25) is 0 Å². The molecule has 0 fully saturated rings. The number of anilines is 2. The number of halogens is 1. The maximum absolute atomic E-state index is 13.9. The number of benzene rings is 2. The van der Waals surface area contributed by atoms with Crippen LogP contribution in [0.3, 0.4) is 0 Å². The molecule has 4 rings (SSSR count). The number of aliphatic carboxylic acids is 1. The number of ether oxygens (including phenoxy) is 1. The Morgan fingerprint density at radius 3 is 2.50 bits per heavy atom. The van der Waals surface area contributed by atoms with Crippen LogP contribution in [-0.4, -0.2) is 34.0 Å². The number of aryl methyl sites for hydroxylation is 1. The van der Waals surface area contributed by atoms with Crippen LogP contribution in [0.5, 0.6) is 11.5 Å². The minimum atomic E-state index is -1.12. The summed E-state index contributed by atoms with van der Waals surface area (Å²) in [6.45, 7) is 3.19. The molecular formula is C27H23FN4O5S. The first kappa shape index (κ1) is 26.3. The average molecular weight is 535 g/mol. The third kappa shape index (κ3) is 6.71. The molecule has 0 aliphatic rings. The van der Waals surface area contributed by atoms with Crippen molar-refractivity contribution in [3.63, 3.8) is 0 Å². The number of carboxylic acids is 1. The predicted molar refractivity (Wildman–Crippen MR) is 142 cm³/mol. The van der Waals surface area contributed by atoms with Crippen molar-refractivity contribution in [3.8, 4) is 22.8 Å². The van der Waals surface area contributed by atoms with Crippen LogP contribution in [0.2, 0.25) is 0 Å². The van der Waals surface area contributed by atoms with E-state index < -0.39 is 29.8 Å². The number of hydrogen-bond donors (Lipinski definition) is 4. The topological polar surface area (TPSA) is 130 Å². The van der Waals surface area contributed by atoms with Crippen molar-refractivity contribution >= 4 is 40.6 Å². The molecule has 9 nitrogen and oxygen atoms in total. The molecular weight excluding hydrogens is 511 g/mol. The Labute approximate surface area is 221 Å². The molecule has 38 heavy (non-hydrogen) atoms. The molecule has 2 aromatic carbocycles. The highest BCUT2D eigenvalue weighted by Crippen LogP contribution is 2.29. The normalized spacial score (nSPS) is 11.3. The minimum absolute atomic E-state index is 0.0872. The fourth-order valence-electron chi connectivity index (χ4n) is 3.31. The van der Waals surface area contributed by atoms with E-state index in [1.54, 1.807) is 73.1 Å². The number of urea groups is 1. The highest BCUT2D eigenvalue weighted by atomic mass is 32.1. The lowest BCUT2D eigenvalue weighted by atomic mass is 10.2. The lowest BCUT2D eigenvalue weighted by Gasteiger charge is -2.10. The van der Waals surface area contributed by atoms with Gasteiger partial charge in [-0.15, -0.1) is 11.3 Å². The van der Waals surface area contributed by atoms with Gasteiger partial charge in [-0.05, 0) is 67.9 Å². The van der Waals surface area contributed by atoms with Gasteiger partial charge in [-0.25, -0.2) is 9.18 Å².